The summed E-state index contributed by atoms with van der Waals surface area (Å²) in [6.45, 7) is 2.90. The van der Waals surface area contributed by atoms with Gasteiger partial charge in [0, 0.05) is 29.8 Å². The van der Waals surface area contributed by atoms with E-state index in [0.717, 1.165) is 40.5 Å². The van der Waals surface area contributed by atoms with Crippen LogP contribution in [0.3, 0.4) is 0 Å². The van der Waals surface area contributed by atoms with Crippen LogP contribution >= 0.6 is 15.9 Å². The van der Waals surface area contributed by atoms with E-state index in [2.05, 4.69) is 28.0 Å². The summed E-state index contributed by atoms with van der Waals surface area (Å²) in [5, 5.41) is 4.27. The van der Waals surface area contributed by atoms with Crippen LogP contribution in [0.1, 0.15) is 42.0 Å². The molecule has 1 unspecified atom stereocenters. The molecular weight excluding hydrogens is 354 g/mol. The molecule has 0 radical (unpaired) electrons. The quantitative estimate of drug-likeness (QED) is 0.818. The summed E-state index contributed by atoms with van der Waals surface area (Å²) < 4.78 is 2.87. The molecule has 0 bridgehead atoms. The summed E-state index contributed by atoms with van der Waals surface area (Å²) in [7, 11) is 1.92. The fourth-order valence-corrected chi connectivity index (χ4v) is 3.70. The SMILES string of the molecule is Cc1c(Br)cccc1CC(=O)N1CCCCC1c1cnn(C)c1. The highest BCUT2D eigenvalue weighted by Crippen LogP contribution is 2.31. The molecule has 0 N–H and O–H groups in total. The van der Waals surface area contributed by atoms with Crippen LogP contribution in [0.4, 0.5) is 0 Å². The van der Waals surface area contributed by atoms with Crippen LogP contribution in [0.25, 0.3) is 0 Å². The Labute approximate surface area is 145 Å². The Kier molecular flexibility index (Phi) is 4.85. The molecule has 1 aliphatic rings. The first kappa shape index (κ1) is 16.2. The first-order valence-corrected chi connectivity index (χ1v) is 8.87. The standard InChI is InChI=1S/C18H22BrN3O/c1-13-14(6-5-7-16(13)19)10-18(23)22-9-4-3-8-17(22)15-11-20-21(2)12-15/h5-7,11-12,17H,3-4,8-10H2,1-2H3. The predicted octanol–water partition coefficient (Wildman–Crippen LogP) is 3.79. The number of hydrogen-bond donors (Lipinski definition) is 0. The van der Waals surface area contributed by atoms with E-state index >= 15 is 0 Å². The summed E-state index contributed by atoms with van der Waals surface area (Å²) in [4.78, 5) is 14.9. The largest absolute Gasteiger partial charge is 0.335 e. The lowest BCUT2D eigenvalue weighted by atomic mass is 9.96. The van der Waals surface area contributed by atoms with E-state index in [1.807, 2.05) is 47.2 Å². The van der Waals surface area contributed by atoms with E-state index in [9.17, 15) is 4.79 Å². The lowest BCUT2D eigenvalue weighted by molar-refractivity contribution is -0.134. The highest BCUT2D eigenvalue weighted by Gasteiger charge is 2.28. The van der Waals surface area contributed by atoms with Crippen molar-refractivity contribution in [1.82, 2.24) is 14.7 Å². The minimum atomic E-state index is 0.164. The van der Waals surface area contributed by atoms with Gasteiger partial charge in [-0.3, -0.25) is 9.48 Å². The van der Waals surface area contributed by atoms with Crippen molar-refractivity contribution in [3.8, 4) is 0 Å². The maximum atomic E-state index is 12.9. The van der Waals surface area contributed by atoms with Gasteiger partial charge in [-0.15, -0.1) is 0 Å². The number of halogens is 1. The van der Waals surface area contributed by atoms with Gasteiger partial charge in [-0.05, 0) is 43.4 Å². The zero-order valence-corrected chi connectivity index (χ0v) is 15.2. The Balaban J connectivity index is 1.80. The highest BCUT2D eigenvalue weighted by atomic mass is 79.9. The van der Waals surface area contributed by atoms with Crippen LogP contribution in [0.2, 0.25) is 0 Å². The minimum absolute atomic E-state index is 0.164. The first-order valence-electron chi connectivity index (χ1n) is 8.08. The second-order valence-electron chi connectivity index (χ2n) is 6.25. The number of benzene rings is 1. The summed E-state index contributed by atoms with van der Waals surface area (Å²) in [5.41, 5.74) is 3.39. The van der Waals surface area contributed by atoms with Crippen molar-refractivity contribution in [1.29, 1.82) is 0 Å². The monoisotopic (exact) mass is 375 g/mol. The van der Waals surface area contributed by atoms with Gasteiger partial charge in [-0.1, -0.05) is 28.1 Å². The molecule has 4 nitrogen and oxygen atoms in total. The lowest BCUT2D eigenvalue weighted by Crippen LogP contribution is -2.39. The highest BCUT2D eigenvalue weighted by molar-refractivity contribution is 9.10. The molecule has 122 valence electrons. The van der Waals surface area contributed by atoms with Crippen molar-refractivity contribution in [2.75, 3.05) is 6.54 Å². The number of carbonyl (C=O) groups excluding carboxylic acids is 1. The lowest BCUT2D eigenvalue weighted by Gasteiger charge is -2.35. The number of carbonyl (C=O) groups is 1. The summed E-state index contributed by atoms with van der Waals surface area (Å²) in [6, 6.07) is 6.22. The van der Waals surface area contributed by atoms with Crippen LogP contribution in [0, 0.1) is 6.92 Å². The molecule has 0 saturated carbocycles. The van der Waals surface area contributed by atoms with Crippen molar-refractivity contribution >= 4 is 21.8 Å². The van der Waals surface area contributed by atoms with Crippen LogP contribution < -0.4 is 0 Å². The molecule has 1 aliphatic heterocycles. The fraction of sp³-hybridized carbons (Fsp3) is 0.444. The number of aryl methyl sites for hydroxylation is 1. The Bertz CT molecular complexity index is 710. The number of hydrogen-bond acceptors (Lipinski definition) is 2. The normalized spacial score (nSPS) is 18.2. The molecule has 0 spiro atoms. The van der Waals surface area contributed by atoms with Crippen LogP contribution in [-0.4, -0.2) is 27.1 Å². The molecular formula is C18H22BrN3O. The molecule has 23 heavy (non-hydrogen) atoms. The second kappa shape index (κ2) is 6.87. The minimum Gasteiger partial charge on any atom is -0.335 e. The van der Waals surface area contributed by atoms with Crippen LogP contribution in [0.5, 0.6) is 0 Å². The topological polar surface area (TPSA) is 38.1 Å². The number of aromatic nitrogens is 2. The average molecular weight is 376 g/mol. The maximum Gasteiger partial charge on any atom is 0.227 e. The number of piperidine rings is 1. The second-order valence-corrected chi connectivity index (χ2v) is 7.10. The predicted molar refractivity (Wildman–Crippen MR) is 94.1 cm³/mol. The number of nitrogens with zero attached hydrogens (tertiary/aromatic N) is 3. The Morgan fingerprint density at radius 3 is 2.96 bits per heavy atom. The molecule has 3 rings (SSSR count). The molecule has 2 heterocycles. The van der Waals surface area contributed by atoms with E-state index in [4.69, 9.17) is 0 Å². The fourth-order valence-electron chi connectivity index (χ4n) is 3.30. The Hall–Kier alpha value is -1.62. The van der Waals surface area contributed by atoms with Gasteiger partial charge in [-0.2, -0.15) is 5.10 Å². The average Bonchev–Trinajstić information content (AvgIpc) is 2.98. The van der Waals surface area contributed by atoms with Gasteiger partial charge in [-0.25, -0.2) is 0 Å². The molecule has 2 aromatic rings. The third kappa shape index (κ3) is 3.50. The number of likely N-dealkylation sites (tertiary alicyclic amines) is 1. The number of rotatable bonds is 3. The van der Waals surface area contributed by atoms with Crippen molar-refractivity contribution in [3.63, 3.8) is 0 Å². The van der Waals surface area contributed by atoms with Crippen molar-refractivity contribution in [2.45, 2.75) is 38.6 Å². The Morgan fingerprint density at radius 2 is 2.22 bits per heavy atom. The molecule has 1 atom stereocenters. The van der Waals surface area contributed by atoms with Gasteiger partial charge < -0.3 is 4.90 Å². The summed E-state index contributed by atoms with van der Waals surface area (Å²) in [6.07, 6.45) is 7.65. The van der Waals surface area contributed by atoms with E-state index in [1.165, 1.54) is 6.42 Å². The third-order valence-corrected chi connectivity index (χ3v) is 5.51. The van der Waals surface area contributed by atoms with Crippen LogP contribution in [0.15, 0.2) is 35.1 Å². The van der Waals surface area contributed by atoms with Crippen LogP contribution in [-0.2, 0) is 18.3 Å². The van der Waals surface area contributed by atoms with Gasteiger partial charge in [0.15, 0.2) is 0 Å². The molecule has 1 saturated heterocycles. The van der Waals surface area contributed by atoms with E-state index in [0.29, 0.717) is 6.42 Å². The van der Waals surface area contributed by atoms with E-state index in [-0.39, 0.29) is 11.9 Å². The van der Waals surface area contributed by atoms with Crippen molar-refractivity contribution in [3.05, 3.63) is 51.8 Å². The zero-order chi connectivity index (χ0) is 16.4. The molecule has 1 aromatic carbocycles. The van der Waals surface area contributed by atoms with Gasteiger partial charge >= 0.3 is 0 Å². The first-order chi connectivity index (χ1) is 11.1. The number of amides is 1. The van der Waals surface area contributed by atoms with E-state index < -0.39 is 0 Å². The Morgan fingerprint density at radius 1 is 1.39 bits per heavy atom. The zero-order valence-electron chi connectivity index (χ0n) is 13.6. The molecule has 0 aliphatic carbocycles. The van der Waals surface area contributed by atoms with Gasteiger partial charge in [0.1, 0.15) is 0 Å². The van der Waals surface area contributed by atoms with Gasteiger partial charge in [0.25, 0.3) is 0 Å². The molecule has 1 amide bonds. The van der Waals surface area contributed by atoms with Crippen molar-refractivity contribution in [2.24, 2.45) is 7.05 Å². The van der Waals surface area contributed by atoms with E-state index in [1.54, 1.807) is 0 Å². The summed E-state index contributed by atoms with van der Waals surface area (Å²) >= 11 is 3.55. The third-order valence-electron chi connectivity index (χ3n) is 4.65. The molecule has 1 fully saturated rings. The summed E-state index contributed by atoms with van der Waals surface area (Å²) in [5.74, 6) is 0.208. The smallest absolute Gasteiger partial charge is 0.227 e. The van der Waals surface area contributed by atoms with Crippen molar-refractivity contribution < 1.29 is 4.79 Å². The van der Waals surface area contributed by atoms with Gasteiger partial charge in [0.2, 0.25) is 5.91 Å². The van der Waals surface area contributed by atoms with Gasteiger partial charge in [0.05, 0.1) is 18.7 Å². The molecule has 1 aromatic heterocycles. The maximum absolute atomic E-state index is 12.9. The molecule has 5 heteroatoms.